The fourth-order valence-corrected chi connectivity index (χ4v) is 14.2. The molecule has 8 aromatic rings. The Morgan fingerprint density at radius 3 is 1.56 bits per heavy atom. The maximum Gasteiger partial charge on any atom is 0.180 e. The summed E-state index contributed by atoms with van der Waals surface area (Å²) in [5.41, 5.74) is 11.6. The van der Waals surface area contributed by atoms with E-state index < -0.39 is 13.5 Å². The van der Waals surface area contributed by atoms with Crippen LogP contribution in [-0.4, -0.2) is 18.0 Å². The molecular formula is C47H32N2Si. The minimum atomic E-state index is -2.84. The molecular weight excluding hydrogens is 621 g/mol. The van der Waals surface area contributed by atoms with Gasteiger partial charge in [-0.3, -0.25) is 9.97 Å². The van der Waals surface area contributed by atoms with Crippen molar-refractivity contribution in [3.8, 4) is 33.5 Å². The van der Waals surface area contributed by atoms with Gasteiger partial charge in [-0.2, -0.15) is 0 Å². The van der Waals surface area contributed by atoms with E-state index in [4.69, 9.17) is 9.97 Å². The summed E-state index contributed by atoms with van der Waals surface area (Å²) in [5.74, 6) is 0. The van der Waals surface area contributed by atoms with Crippen LogP contribution in [0.3, 0.4) is 0 Å². The Hall–Kier alpha value is -6.16. The van der Waals surface area contributed by atoms with Gasteiger partial charge in [0, 0.05) is 18.0 Å². The van der Waals surface area contributed by atoms with Crippen molar-refractivity contribution in [3.05, 3.63) is 217 Å². The Morgan fingerprint density at radius 2 is 0.940 bits per heavy atom. The van der Waals surface area contributed by atoms with Crippen LogP contribution in [0.1, 0.15) is 22.4 Å². The fraction of sp³-hybridized carbons (Fsp3) is 0.0213. The van der Waals surface area contributed by atoms with Gasteiger partial charge < -0.3 is 0 Å². The van der Waals surface area contributed by atoms with Crippen molar-refractivity contribution in [1.82, 2.24) is 9.97 Å². The van der Waals surface area contributed by atoms with Crippen LogP contribution >= 0.6 is 0 Å². The van der Waals surface area contributed by atoms with E-state index in [0.29, 0.717) is 0 Å². The number of hydrogen-bond donors (Lipinski definition) is 0. The lowest BCUT2D eigenvalue weighted by molar-refractivity contribution is 0.735. The lowest BCUT2D eigenvalue weighted by atomic mass is 9.70. The normalized spacial score (nSPS) is 14.3. The Balaban J connectivity index is 1.31. The Bertz CT molecular complexity index is 2470. The molecule has 3 heteroatoms. The molecule has 50 heavy (non-hydrogen) atoms. The average molecular weight is 653 g/mol. The molecule has 0 unspecified atom stereocenters. The smallest absolute Gasteiger partial charge is 0.180 e. The highest BCUT2D eigenvalue weighted by atomic mass is 28.3. The summed E-state index contributed by atoms with van der Waals surface area (Å²) >= 11 is 0. The van der Waals surface area contributed by atoms with Crippen molar-refractivity contribution in [2.45, 2.75) is 5.41 Å². The SMILES string of the molecule is c1ccc(-c2cccc([Si]3(c4cccc(C5(c6ccccn6)c6ccccc6-c6ccccc65)c4)c4ccccc4-c4ccccc43)c2)nc1. The summed E-state index contributed by atoms with van der Waals surface area (Å²) in [7, 11) is -2.84. The Morgan fingerprint density at radius 1 is 0.400 bits per heavy atom. The molecule has 0 spiro atoms. The van der Waals surface area contributed by atoms with Gasteiger partial charge in [-0.25, -0.2) is 0 Å². The molecule has 0 saturated carbocycles. The minimum Gasteiger partial charge on any atom is -0.260 e. The number of hydrogen-bond acceptors (Lipinski definition) is 2. The predicted octanol–water partition coefficient (Wildman–Crippen LogP) is 7.86. The third-order valence-corrected chi connectivity index (χ3v) is 15.8. The van der Waals surface area contributed by atoms with Crippen LogP contribution in [0, 0.1) is 0 Å². The lowest BCUT2D eigenvalue weighted by Gasteiger charge is -2.36. The van der Waals surface area contributed by atoms with E-state index in [2.05, 4.69) is 170 Å². The van der Waals surface area contributed by atoms with Gasteiger partial charge in [0.25, 0.3) is 0 Å². The standard InChI is InChI=1S/C47H32N2Si/c1-5-23-41-37(19-1)38-20-2-6-24-42(38)47(41,46-28-10-12-30-49-46)34-16-14-18-36(32-34)50(35-17-13-15-33(31-35)43-25-9-11-29-48-43)44-26-7-3-21-39(44)40-22-4-8-27-45(40)50/h1-32H. The van der Waals surface area contributed by atoms with Crippen molar-refractivity contribution in [2.24, 2.45) is 0 Å². The second-order valence-corrected chi connectivity index (χ2v) is 17.0. The molecule has 3 heterocycles. The summed E-state index contributed by atoms with van der Waals surface area (Å²) in [6, 6.07) is 67.3. The zero-order valence-corrected chi connectivity index (χ0v) is 28.4. The number of rotatable bonds is 5. The maximum absolute atomic E-state index is 5.13. The molecule has 2 aromatic heterocycles. The van der Waals surface area contributed by atoms with Crippen molar-refractivity contribution >= 4 is 28.8 Å². The molecule has 10 rings (SSSR count). The quantitative estimate of drug-likeness (QED) is 0.177. The molecule has 2 nitrogen and oxygen atoms in total. The van der Waals surface area contributed by atoms with Crippen molar-refractivity contribution in [2.75, 3.05) is 0 Å². The average Bonchev–Trinajstić information content (AvgIpc) is 3.68. The van der Waals surface area contributed by atoms with Gasteiger partial charge in [0.15, 0.2) is 8.07 Å². The van der Waals surface area contributed by atoms with Crippen molar-refractivity contribution in [1.29, 1.82) is 0 Å². The summed E-state index contributed by atoms with van der Waals surface area (Å²) < 4.78 is 0. The fourth-order valence-electron chi connectivity index (χ4n) is 9.01. The van der Waals surface area contributed by atoms with Gasteiger partial charge >= 0.3 is 0 Å². The molecule has 0 fully saturated rings. The molecule has 2 aliphatic rings. The monoisotopic (exact) mass is 652 g/mol. The van der Waals surface area contributed by atoms with Crippen molar-refractivity contribution < 1.29 is 0 Å². The molecule has 0 amide bonds. The molecule has 234 valence electrons. The highest BCUT2D eigenvalue weighted by Gasteiger charge is 2.51. The van der Waals surface area contributed by atoms with E-state index in [1.165, 1.54) is 59.7 Å². The first-order valence-corrected chi connectivity index (χ1v) is 19.2. The van der Waals surface area contributed by atoms with Crippen LogP contribution in [0.4, 0.5) is 0 Å². The molecule has 6 aromatic carbocycles. The lowest BCUT2D eigenvalue weighted by Crippen LogP contribution is -2.73. The van der Waals surface area contributed by atoms with E-state index in [1.54, 1.807) is 0 Å². The first-order chi connectivity index (χ1) is 24.8. The summed E-state index contributed by atoms with van der Waals surface area (Å²) in [6.07, 6.45) is 3.82. The first-order valence-electron chi connectivity index (χ1n) is 17.2. The molecule has 0 bridgehead atoms. The summed E-state index contributed by atoms with van der Waals surface area (Å²) in [5, 5.41) is 5.57. The van der Waals surface area contributed by atoms with Gasteiger partial charge in [0.2, 0.25) is 0 Å². The highest BCUT2D eigenvalue weighted by Crippen LogP contribution is 2.55. The van der Waals surface area contributed by atoms with E-state index in [1.807, 2.05) is 24.5 Å². The Kier molecular flexibility index (Phi) is 6.45. The van der Waals surface area contributed by atoms with Gasteiger partial charge in [-0.05, 0) is 84.0 Å². The number of fused-ring (bicyclic) bond motifs is 6. The highest BCUT2D eigenvalue weighted by molar-refractivity contribution is 7.22. The molecule has 0 atom stereocenters. The summed E-state index contributed by atoms with van der Waals surface area (Å²) in [6.45, 7) is 0. The van der Waals surface area contributed by atoms with Crippen LogP contribution in [0.5, 0.6) is 0 Å². The summed E-state index contributed by atoms with van der Waals surface area (Å²) in [4.78, 5) is 9.89. The third kappa shape index (κ3) is 3.90. The molecule has 0 saturated heterocycles. The molecule has 0 radical (unpaired) electrons. The zero-order chi connectivity index (χ0) is 33.1. The number of aromatic nitrogens is 2. The van der Waals surface area contributed by atoms with E-state index in [-0.39, 0.29) is 0 Å². The second-order valence-electron chi connectivity index (χ2n) is 13.3. The molecule has 0 N–H and O–H groups in total. The van der Waals surface area contributed by atoms with Crippen LogP contribution in [-0.2, 0) is 5.41 Å². The topological polar surface area (TPSA) is 25.8 Å². The Labute approximate surface area is 293 Å². The van der Waals surface area contributed by atoms with Crippen LogP contribution in [0.15, 0.2) is 194 Å². The second kappa shape index (κ2) is 11.2. The van der Waals surface area contributed by atoms with Crippen LogP contribution in [0.2, 0.25) is 0 Å². The van der Waals surface area contributed by atoms with Crippen LogP contribution < -0.4 is 20.7 Å². The minimum absolute atomic E-state index is 0.576. The van der Waals surface area contributed by atoms with Gasteiger partial charge in [0.05, 0.1) is 16.8 Å². The first kappa shape index (κ1) is 28.8. The zero-order valence-electron chi connectivity index (χ0n) is 27.4. The van der Waals surface area contributed by atoms with E-state index >= 15 is 0 Å². The van der Waals surface area contributed by atoms with Gasteiger partial charge in [-0.1, -0.05) is 158 Å². The number of pyridine rings is 2. The molecule has 1 aliphatic carbocycles. The van der Waals surface area contributed by atoms with Gasteiger partial charge in [0.1, 0.15) is 0 Å². The van der Waals surface area contributed by atoms with Crippen molar-refractivity contribution in [3.63, 3.8) is 0 Å². The van der Waals surface area contributed by atoms with Gasteiger partial charge in [-0.15, -0.1) is 0 Å². The van der Waals surface area contributed by atoms with Crippen LogP contribution in [0.25, 0.3) is 33.5 Å². The van der Waals surface area contributed by atoms with E-state index in [9.17, 15) is 0 Å². The number of benzene rings is 6. The number of nitrogens with zero attached hydrogens (tertiary/aromatic N) is 2. The maximum atomic E-state index is 5.13. The molecule has 1 aliphatic heterocycles. The largest absolute Gasteiger partial charge is 0.260 e. The van der Waals surface area contributed by atoms with E-state index in [0.717, 1.165) is 17.0 Å². The predicted molar refractivity (Wildman–Crippen MR) is 207 cm³/mol. The third-order valence-electron chi connectivity index (χ3n) is 10.9.